The average molecular weight is 324 g/mol. The van der Waals surface area contributed by atoms with Crippen molar-refractivity contribution in [1.29, 1.82) is 0 Å². The molecular formula is C21H24O3. The Kier molecular flexibility index (Phi) is 4.65. The molecule has 1 aliphatic heterocycles. The fraction of sp³-hybridized carbons (Fsp3) is 0.429. The van der Waals surface area contributed by atoms with E-state index < -0.39 is 0 Å². The predicted octanol–water partition coefficient (Wildman–Crippen LogP) is 3.96. The van der Waals surface area contributed by atoms with Crippen LogP contribution in [0.4, 0.5) is 0 Å². The molecule has 4 rings (SSSR count). The number of epoxide rings is 1. The molecule has 1 saturated carbocycles. The first-order chi connectivity index (χ1) is 11.8. The van der Waals surface area contributed by atoms with Crippen LogP contribution in [0.3, 0.4) is 0 Å². The fourth-order valence-corrected chi connectivity index (χ4v) is 3.63. The Morgan fingerprint density at radius 1 is 0.833 bits per heavy atom. The fourth-order valence-electron chi connectivity index (χ4n) is 3.63. The van der Waals surface area contributed by atoms with E-state index in [1.165, 1.54) is 11.1 Å². The van der Waals surface area contributed by atoms with E-state index in [9.17, 15) is 0 Å². The van der Waals surface area contributed by atoms with E-state index in [2.05, 4.69) is 31.2 Å². The van der Waals surface area contributed by atoms with Gasteiger partial charge < -0.3 is 14.2 Å². The highest BCUT2D eigenvalue weighted by atomic mass is 16.6. The van der Waals surface area contributed by atoms with Crippen molar-refractivity contribution in [1.82, 2.24) is 0 Å². The lowest BCUT2D eigenvalue weighted by molar-refractivity contribution is -0.120. The number of hydrogen-bond acceptors (Lipinski definition) is 3. The van der Waals surface area contributed by atoms with Crippen molar-refractivity contribution in [3.05, 3.63) is 71.8 Å². The topological polar surface area (TPSA) is 31.0 Å². The standard InChI is InChI=1S/C21H24O3/c1-15-12-18-20(24-18)21(23-14-17-10-6-3-7-11-17)19(15)22-13-16-8-4-2-5-9-16/h2-11,15,18-21H,12-14H2,1H3/t15-,18+,19-,20+,21-/m1/s1. The van der Waals surface area contributed by atoms with Crippen LogP contribution in [0.2, 0.25) is 0 Å². The van der Waals surface area contributed by atoms with Crippen molar-refractivity contribution < 1.29 is 14.2 Å². The van der Waals surface area contributed by atoms with Gasteiger partial charge in [-0.05, 0) is 23.5 Å². The summed E-state index contributed by atoms with van der Waals surface area (Å²) in [5.41, 5.74) is 2.39. The minimum atomic E-state index is 0.0164. The third kappa shape index (κ3) is 3.54. The third-order valence-corrected chi connectivity index (χ3v) is 5.00. The molecular weight excluding hydrogens is 300 g/mol. The summed E-state index contributed by atoms with van der Waals surface area (Å²) in [5.74, 6) is 0.443. The van der Waals surface area contributed by atoms with Gasteiger partial charge in [0.15, 0.2) is 0 Å². The van der Waals surface area contributed by atoms with Crippen LogP contribution in [0.5, 0.6) is 0 Å². The van der Waals surface area contributed by atoms with Crippen molar-refractivity contribution in [2.24, 2.45) is 5.92 Å². The molecule has 3 heteroatoms. The Morgan fingerprint density at radius 3 is 1.96 bits per heavy atom. The Balaban J connectivity index is 1.41. The SMILES string of the molecule is C[C@@H]1C[C@@H]2O[C@@H]2[C@H](OCc2ccccc2)[C@@H]1OCc1ccccc1. The van der Waals surface area contributed by atoms with Crippen molar-refractivity contribution in [2.45, 2.75) is 51.0 Å². The Bertz CT molecular complexity index is 599. The Morgan fingerprint density at radius 2 is 1.38 bits per heavy atom. The van der Waals surface area contributed by atoms with Crippen LogP contribution in [-0.4, -0.2) is 24.4 Å². The van der Waals surface area contributed by atoms with Crippen molar-refractivity contribution in [3.63, 3.8) is 0 Å². The van der Waals surface area contributed by atoms with Gasteiger partial charge in [-0.3, -0.25) is 0 Å². The molecule has 2 aromatic carbocycles. The summed E-state index contributed by atoms with van der Waals surface area (Å²) in [6, 6.07) is 20.6. The maximum absolute atomic E-state index is 6.27. The summed E-state index contributed by atoms with van der Waals surface area (Å²) in [6.45, 7) is 3.47. The maximum atomic E-state index is 6.27. The molecule has 3 nitrogen and oxygen atoms in total. The van der Waals surface area contributed by atoms with Crippen molar-refractivity contribution in [2.75, 3.05) is 0 Å². The Labute approximate surface area is 143 Å². The van der Waals surface area contributed by atoms with E-state index >= 15 is 0 Å². The second-order valence-electron chi connectivity index (χ2n) is 6.87. The molecule has 24 heavy (non-hydrogen) atoms. The first-order valence-electron chi connectivity index (χ1n) is 8.78. The van der Waals surface area contributed by atoms with Crippen LogP contribution in [0, 0.1) is 5.92 Å². The zero-order chi connectivity index (χ0) is 16.4. The van der Waals surface area contributed by atoms with Crippen molar-refractivity contribution >= 4 is 0 Å². The quantitative estimate of drug-likeness (QED) is 0.754. The van der Waals surface area contributed by atoms with Gasteiger partial charge in [-0.15, -0.1) is 0 Å². The molecule has 5 atom stereocenters. The highest BCUT2D eigenvalue weighted by molar-refractivity contribution is 5.15. The van der Waals surface area contributed by atoms with Gasteiger partial charge >= 0.3 is 0 Å². The molecule has 2 aliphatic rings. The van der Waals surface area contributed by atoms with E-state index in [1.807, 2.05) is 36.4 Å². The maximum Gasteiger partial charge on any atom is 0.113 e. The molecule has 0 bridgehead atoms. The van der Waals surface area contributed by atoms with E-state index in [0.29, 0.717) is 25.2 Å². The minimum Gasteiger partial charge on any atom is -0.370 e. The predicted molar refractivity (Wildman–Crippen MR) is 92.5 cm³/mol. The van der Waals surface area contributed by atoms with Gasteiger partial charge in [0.2, 0.25) is 0 Å². The van der Waals surface area contributed by atoms with Crippen LogP contribution in [0.15, 0.2) is 60.7 Å². The number of rotatable bonds is 6. The van der Waals surface area contributed by atoms with E-state index in [0.717, 1.165) is 6.42 Å². The van der Waals surface area contributed by atoms with Gasteiger partial charge in [0.05, 0.1) is 25.4 Å². The molecule has 1 saturated heterocycles. The largest absolute Gasteiger partial charge is 0.370 e. The lowest BCUT2D eigenvalue weighted by Gasteiger charge is -2.34. The molecule has 0 amide bonds. The van der Waals surface area contributed by atoms with Crippen LogP contribution < -0.4 is 0 Å². The second-order valence-corrected chi connectivity index (χ2v) is 6.87. The number of fused-ring (bicyclic) bond motifs is 1. The van der Waals surface area contributed by atoms with E-state index in [4.69, 9.17) is 14.2 Å². The van der Waals surface area contributed by atoms with Gasteiger partial charge in [0.1, 0.15) is 12.2 Å². The molecule has 2 fully saturated rings. The Hall–Kier alpha value is -1.68. The third-order valence-electron chi connectivity index (χ3n) is 5.00. The van der Waals surface area contributed by atoms with Gasteiger partial charge in [-0.1, -0.05) is 67.6 Å². The number of benzene rings is 2. The monoisotopic (exact) mass is 324 g/mol. The molecule has 126 valence electrons. The van der Waals surface area contributed by atoms with Gasteiger partial charge in [0.25, 0.3) is 0 Å². The summed E-state index contributed by atoms with van der Waals surface area (Å²) in [7, 11) is 0. The molecule has 0 radical (unpaired) electrons. The normalized spacial score (nSPS) is 31.5. The second kappa shape index (κ2) is 7.06. The molecule has 0 N–H and O–H groups in total. The van der Waals surface area contributed by atoms with Crippen LogP contribution in [-0.2, 0) is 27.4 Å². The van der Waals surface area contributed by atoms with Crippen LogP contribution in [0.1, 0.15) is 24.5 Å². The average Bonchev–Trinajstić information content (AvgIpc) is 3.39. The summed E-state index contributed by atoms with van der Waals surface area (Å²) in [4.78, 5) is 0. The lowest BCUT2D eigenvalue weighted by Crippen LogP contribution is -2.45. The first-order valence-corrected chi connectivity index (χ1v) is 8.78. The zero-order valence-corrected chi connectivity index (χ0v) is 14.0. The van der Waals surface area contributed by atoms with Crippen LogP contribution in [0.25, 0.3) is 0 Å². The molecule has 1 heterocycles. The summed E-state index contributed by atoms with van der Waals surface area (Å²) in [5, 5.41) is 0. The lowest BCUT2D eigenvalue weighted by atomic mass is 9.85. The van der Waals surface area contributed by atoms with Crippen molar-refractivity contribution in [3.8, 4) is 0 Å². The number of ether oxygens (including phenoxy) is 3. The molecule has 1 aliphatic carbocycles. The van der Waals surface area contributed by atoms with Gasteiger partial charge in [-0.25, -0.2) is 0 Å². The first kappa shape index (κ1) is 15.8. The van der Waals surface area contributed by atoms with Gasteiger partial charge in [-0.2, -0.15) is 0 Å². The summed E-state index contributed by atoms with van der Waals surface area (Å²) in [6.07, 6.45) is 1.72. The molecule has 0 unspecified atom stereocenters. The summed E-state index contributed by atoms with van der Waals surface area (Å²) < 4.78 is 18.3. The molecule has 0 spiro atoms. The van der Waals surface area contributed by atoms with Gasteiger partial charge in [0, 0.05) is 0 Å². The zero-order valence-electron chi connectivity index (χ0n) is 14.0. The molecule has 0 aromatic heterocycles. The van der Waals surface area contributed by atoms with Crippen LogP contribution >= 0.6 is 0 Å². The highest BCUT2D eigenvalue weighted by Gasteiger charge is 2.55. The smallest absolute Gasteiger partial charge is 0.113 e. The van der Waals surface area contributed by atoms with E-state index in [-0.39, 0.29) is 18.3 Å². The van der Waals surface area contributed by atoms with E-state index in [1.54, 1.807) is 0 Å². The number of hydrogen-bond donors (Lipinski definition) is 0. The summed E-state index contributed by atoms with van der Waals surface area (Å²) >= 11 is 0. The molecule has 2 aromatic rings. The highest BCUT2D eigenvalue weighted by Crippen LogP contribution is 2.43. The minimum absolute atomic E-state index is 0.0164.